The highest BCUT2D eigenvalue weighted by atomic mass is 32.2. The van der Waals surface area contributed by atoms with Gasteiger partial charge in [-0.15, -0.1) is 10.2 Å². The number of thioether (sulfide) groups is 1. The number of aromatic nitrogens is 4. The second-order valence-corrected chi connectivity index (χ2v) is 6.51. The van der Waals surface area contributed by atoms with E-state index in [-0.39, 0.29) is 11.8 Å². The Morgan fingerprint density at radius 1 is 1.21 bits per heavy atom. The fourth-order valence-corrected chi connectivity index (χ4v) is 3.55. The normalized spacial score (nSPS) is 19.4. The van der Waals surface area contributed by atoms with Crippen molar-refractivity contribution in [2.45, 2.75) is 19.0 Å². The average molecular weight is 338 g/mol. The zero-order valence-electron chi connectivity index (χ0n) is 13.2. The van der Waals surface area contributed by atoms with Crippen LogP contribution in [0.2, 0.25) is 0 Å². The second-order valence-electron chi connectivity index (χ2n) is 5.57. The van der Waals surface area contributed by atoms with Crippen LogP contribution < -0.4 is 0 Å². The molecule has 2 aromatic heterocycles. The highest BCUT2D eigenvalue weighted by Gasteiger charge is 2.26. The van der Waals surface area contributed by atoms with E-state index < -0.39 is 0 Å². The van der Waals surface area contributed by atoms with Crippen LogP contribution in [0.1, 0.15) is 11.4 Å². The summed E-state index contributed by atoms with van der Waals surface area (Å²) in [7, 11) is 0. The lowest BCUT2D eigenvalue weighted by Crippen LogP contribution is -2.27. The number of amides is 1. The van der Waals surface area contributed by atoms with E-state index >= 15 is 0 Å². The molecule has 2 aromatic rings. The fraction of sp³-hybridized carbons (Fsp3) is 0.250. The van der Waals surface area contributed by atoms with Crippen LogP contribution in [0.5, 0.6) is 0 Å². The molecule has 1 aliphatic heterocycles. The molecule has 0 saturated carbocycles. The Morgan fingerprint density at radius 2 is 2.08 bits per heavy atom. The number of amidine groups is 1. The molecule has 1 aliphatic carbocycles. The Morgan fingerprint density at radius 3 is 2.96 bits per heavy atom. The molecule has 7 nitrogen and oxygen atoms in total. The molecule has 24 heavy (non-hydrogen) atoms. The van der Waals surface area contributed by atoms with Gasteiger partial charge in [-0.25, -0.2) is 9.98 Å². The molecular formula is C16H14N6OS. The van der Waals surface area contributed by atoms with E-state index in [1.54, 1.807) is 0 Å². The molecule has 0 fully saturated rings. The van der Waals surface area contributed by atoms with Gasteiger partial charge in [0.1, 0.15) is 11.8 Å². The number of carbonyl (C=O) groups excluding carboxylic acids is 1. The molecule has 2 aliphatic rings. The summed E-state index contributed by atoms with van der Waals surface area (Å²) in [6, 6.07) is 1.98. The molecule has 4 rings (SSSR count). The van der Waals surface area contributed by atoms with Crippen molar-refractivity contribution in [3.05, 3.63) is 41.8 Å². The first kappa shape index (κ1) is 14.9. The lowest BCUT2D eigenvalue weighted by molar-refractivity contribution is -0.118. The summed E-state index contributed by atoms with van der Waals surface area (Å²) in [5.41, 5.74) is 2.66. The molecule has 0 aromatic carbocycles. The number of fused-ring (bicyclic) bond motifs is 2. The summed E-state index contributed by atoms with van der Waals surface area (Å²) in [6.45, 7) is 3.91. The van der Waals surface area contributed by atoms with Crippen molar-refractivity contribution in [1.82, 2.24) is 19.6 Å². The Kier molecular flexibility index (Phi) is 3.61. The number of carbonyl (C=O) groups is 1. The number of rotatable bonds is 3. The van der Waals surface area contributed by atoms with Crippen LogP contribution in [-0.4, -0.2) is 42.8 Å². The molecule has 0 saturated heterocycles. The summed E-state index contributed by atoms with van der Waals surface area (Å²) in [6.07, 6.45) is 7.39. The molecule has 0 N–H and O–H groups in total. The molecule has 1 atom stereocenters. The van der Waals surface area contributed by atoms with Gasteiger partial charge in [0.2, 0.25) is 0 Å². The minimum Gasteiger partial charge on any atom is -0.271 e. The Bertz CT molecular complexity index is 968. The lowest BCUT2D eigenvalue weighted by Gasteiger charge is -2.17. The Hall–Kier alpha value is -2.61. The van der Waals surface area contributed by atoms with Gasteiger partial charge in [0.15, 0.2) is 5.16 Å². The third-order valence-electron chi connectivity index (χ3n) is 3.76. The largest absolute Gasteiger partial charge is 0.271 e. The monoisotopic (exact) mass is 338 g/mol. The first-order chi connectivity index (χ1) is 11.6. The number of hydrogen-bond donors (Lipinski definition) is 0. The number of allylic oxidation sites excluding steroid dienone is 3. The molecule has 0 bridgehead atoms. The van der Waals surface area contributed by atoms with Gasteiger partial charge in [-0.05, 0) is 26.0 Å². The third-order valence-corrected chi connectivity index (χ3v) is 4.68. The van der Waals surface area contributed by atoms with Crippen LogP contribution >= 0.6 is 11.8 Å². The van der Waals surface area contributed by atoms with E-state index in [0.29, 0.717) is 22.5 Å². The number of nitrogens with zero attached hydrogens (tertiary/aromatic N) is 6. The van der Waals surface area contributed by atoms with E-state index in [2.05, 4.69) is 25.2 Å². The summed E-state index contributed by atoms with van der Waals surface area (Å²) in [5, 5.41) is 9.00. The quantitative estimate of drug-likeness (QED) is 0.799. The number of aryl methyl sites for hydroxylation is 2. The molecule has 8 heteroatoms. The predicted molar refractivity (Wildman–Crippen MR) is 92.6 cm³/mol. The Labute approximate surface area is 142 Å². The summed E-state index contributed by atoms with van der Waals surface area (Å²) in [5.74, 6) is 1.02. The van der Waals surface area contributed by atoms with E-state index in [1.165, 1.54) is 11.8 Å². The SMILES string of the molecule is Cc1cc(C)n2c(SCC3=NC(=O)C4C=CC=CC4=N3)nnc2n1. The molecular weight excluding hydrogens is 324 g/mol. The van der Waals surface area contributed by atoms with Crippen molar-refractivity contribution in [2.75, 3.05) is 5.75 Å². The first-order valence-electron chi connectivity index (χ1n) is 7.49. The molecule has 3 heterocycles. The fourth-order valence-electron chi connectivity index (χ4n) is 2.71. The van der Waals surface area contributed by atoms with Crippen molar-refractivity contribution >= 4 is 35.0 Å². The van der Waals surface area contributed by atoms with Crippen LogP contribution in [0.25, 0.3) is 5.78 Å². The van der Waals surface area contributed by atoms with Crippen molar-refractivity contribution in [3.63, 3.8) is 0 Å². The van der Waals surface area contributed by atoms with Crippen LogP contribution in [-0.2, 0) is 4.79 Å². The smallest absolute Gasteiger partial charge is 0.260 e. The zero-order chi connectivity index (χ0) is 16.7. The van der Waals surface area contributed by atoms with E-state index in [9.17, 15) is 4.79 Å². The van der Waals surface area contributed by atoms with Crippen molar-refractivity contribution in [1.29, 1.82) is 0 Å². The van der Waals surface area contributed by atoms with Gasteiger partial charge in [-0.2, -0.15) is 4.99 Å². The zero-order valence-corrected chi connectivity index (χ0v) is 14.0. The van der Waals surface area contributed by atoms with Gasteiger partial charge >= 0.3 is 0 Å². The van der Waals surface area contributed by atoms with Gasteiger partial charge < -0.3 is 0 Å². The molecule has 0 radical (unpaired) electrons. The lowest BCUT2D eigenvalue weighted by atomic mass is 9.97. The maximum atomic E-state index is 12.1. The van der Waals surface area contributed by atoms with Crippen molar-refractivity contribution in [2.24, 2.45) is 15.9 Å². The highest BCUT2D eigenvalue weighted by Crippen LogP contribution is 2.22. The average Bonchev–Trinajstić information content (AvgIpc) is 2.96. The van der Waals surface area contributed by atoms with Gasteiger partial charge in [-0.3, -0.25) is 9.20 Å². The minimum atomic E-state index is -0.341. The van der Waals surface area contributed by atoms with Crippen LogP contribution in [0.15, 0.2) is 45.5 Å². The third kappa shape index (κ3) is 2.58. The van der Waals surface area contributed by atoms with Crippen molar-refractivity contribution < 1.29 is 4.79 Å². The van der Waals surface area contributed by atoms with E-state index in [4.69, 9.17) is 0 Å². The van der Waals surface area contributed by atoms with Crippen LogP contribution in [0, 0.1) is 19.8 Å². The Balaban J connectivity index is 1.58. The second kappa shape index (κ2) is 5.79. The molecule has 1 unspecified atom stereocenters. The standard InChI is InChI=1S/C16H14N6OS/c1-9-7-10(2)22-15(17-9)20-21-16(22)24-8-13-18-12-6-4-3-5-11(12)14(23)19-13/h3-7,11H,8H2,1-2H3. The summed E-state index contributed by atoms with van der Waals surface area (Å²) >= 11 is 1.44. The number of aliphatic imine (C=N–C) groups is 2. The first-order valence-corrected chi connectivity index (χ1v) is 8.47. The van der Waals surface area contributed by atoms with Crippen LogP contribution in [0.4, 0.5) is 0 Å². The number of hydrogen-bond acceptors (Lipinski definition) is 6. The topological polar surface area (TPSA) is 84.9 Å². The maximum Gasteiger partial charge on any atom is 0.260 e. The minimum absolute atomic E-state index is 0.171. The van der Waals surface area contributed by atoms with Crippen molar-refractivity contribution in [3.8, 4) is 0 Å². The van der Waals surface area contributed by atoms with Gasteiger partial charge in [0, 0.05) is 11.4 Å². The van der Waals surface area contributed by atoms with Gasteiger partial charge in [-0.1, -0.05) is 30.0 Å². The molecule has 0 spiro atoms. The summed E-state index contributed by atoms with van der Waals surface area (Å²) in [4.78, 5) is 25.0. The van der Waals surface area contributed by atoms with Gasteiger partial charge in [0.05, 0.1) is 11.5 Å². The van der Waals surface area contributed by atoms with E-state index in [1.807, 2.05) is 48.6 Å². The van der Waals surface area contributed by atoms with Gasteiger partial charge in [0.25, 0.3) is 11.7 Å². The van der Waals surface area contributed by atoms with E-state index in [0.717, 1.165) is 17.1 Å². The molecule has 120 valence electrons. The highest BCUT2D eigenvalue weighted by molar-refractivity contribution is 7.99. The maximum absolute atomic E-state index is 12.1. The molecule has 1 amide bonds. The predicted octanol–water partition coefficient (Wildman–Crippen LogP) is 1.96. The van der Waals surface area contributed by atoms with Crippen LogP contribution in [0.3, 0.4) is 0 Å². The summed E-state index contributed by atoms with van der Waals surface area (Å²) < 4.78 is 1.89.